The molecule has 34 heavy (non-hydrogen) atoms. The van der Waals surface area contributed by atoms with Gasteiger partial charge in [0.2, 0.25) is 0 Å². The van der Waals surface area contributed by atoms with Crippen LogP contribution < -0.4 is 4.74 Å². The first kappa shape index (κ1) is 21.9. The van der Waals surface area contributed by atoms with Crippen molar-refractivity contribution in [2.45, 2.75) is 23.5 Å². The van der Waals surface area contributed by atoms with E-state index in [0.717, 1.165) is 44.5 Å². The zero-order valence-electron chi connectivity index (χ0n) is 18.8. The van der Waals surface area contributed by atoms with Crippen LogP contribution in [-0.2, 0) is 28.4 Å². The molecule has 0 saturated carbocycles. The summed E-state index contributed by atoms with van der Waals surface area (Å²) in [4.78, 5) is 0.352. The van der Waals surface area contributed by atoms with Crippen LogP contribution in [0.1, 0.15) is 22.3 Å². The van der Waals surface area contributed by atoms with Crippen LogP contribution in [0.15, 0.2) is 89.8 Å². The minimum absolute atomic E-state index is 0.0549. The Morgan fingerprint density at radius 3 is 2.41 bits per heavy atom. The van der Waals surface area contributed by atoms with Gasteiger partial charge < -0.3 is 4.74 Å². The van der Waals surface area contributed by atoms with E-state index in [1.807, 2.05) is 72.8 Å². The number of methoxy groups -OCH3 is 1. The first-order valence-electron chi connectivity index (χ1n) is 11.1. The highest BCUT2D eigenvalue weighted by molar-refractivity contribution is 7.90. The molecule has 0 saturated heterocycles. The molecule has 5 rings (SSSR count). The van der Waals surface area contributed by atoms with E-state index in [-0.39, 0.29) is 12.2 Å². The number of benzene rings is 4. The quantitative estimate of drug-likeness (QED) is 0.310. The zero-order chi connectivity index (χ0) is 23.7. The highest BCUT2D eigenvalue weighted by Gasteiger charge is 2.30. The molecule has 0 radical (unpaired) electrons. The summed E-state index contributed by atoms with van der Waals surface area (Å²) in [6.45, 7) is 0. The van der Waals surface area contributed by atoms with E-state index in [1.54, 1.807) is 13.2 Å². The van der Waals surface area contributed by atoms with Crippen LogP contribution in [0.2, 0.25) is 0 Å². The molecule has 0 amide bonds. The Morgan fingerprint density at radius 2 is 1.65 bits per heavy atom. The van der Waals surface area contributed by atoms with Gasteiger partial charge in [-0.2, -0.15) is 5.26 Å². The van der Waals surface area contributed by atoms with Gasteiger partial charge in [0.15, 0.2) is 9.84 Å². The van der Waals surface area contributed by atoms with Crippen molar-refractivity contribution in [3.63, 3.8) is 0 Å². The van der Waals surface area contributed by atoms with Gasteiger partial charge in [0.05, 0.1) is 30.2 Å². The predicted octanol–water partition coefficient (Wildman–Crippen LogP) is 5.97. The maximum Gasteiger partial charge on any atom is 0.183 e. The molecule has 168 valence electrons. The number of rotatable bonds is 6. The fraction of sp³-hybridized carbons (Fsp3) is 0.138. The Labute approximate surface area is 200 Å². The largest absolute Gasteiger partial charge is 0.497 e. The van der Waals surface area contributed by atoms with Gasteiger partial charge in [-0.25, -0.2) is 8.42 Å². The number of ether oxygens (including phenoxy) is 1. The number of fused-ring (bicyclic) bond motifs is 3. The van der Waals surface area contributed by atoms with E-state index in [9.17, 15) is 13.7 Å². The SMILES string of the molecule is COc1ccc(CC#N)c(-c2ccc(S(=O)(=O)Cc3ccccc3)c3c2Cc2ccccc2-3)c1. The Bertz CT molecular complexity index is 1530. The summed E-state index contributed by atoms with van der Waals surface area (Å²) in [6, 6.07) is 28.8. The average molecular weight is 466 g/mol. The molecular weight excluding hydrogens is 442 g/mol. The number of hydrogen-bond acceptors (Lipinski definition) is 4. The third kappa shape index (κ3) is 3.87. The smallest absolute Gasteiger partial charge is 0.183 e. The van der Waals surface area contributed by atoms with E-state index in [2.05, 4.69) is 12.1 Å². The van der Waals surface area contributed by atoms with Gasteiger partial charge in [-0.15, -0.1) is 0 Å². The van der Waals surface area contributed by atoms with Gasteiger partial charge in [-0.1, -0.05) is 66.7 Å². The average Bonchev–Trinajstić information content (AvgIpc) is 3.24. The highest BCUT2D eigenvalue weighted by Crippen LogP contribution is 2.46. The standard InChI is InChI=1S/C29H23NO3S/c1-33-23-12-11-21(15-16-30)26(18-23)25-13-14-28(34(31,32)19-20-7-3-2-4-8-20)29-24-10-6-5-9-22(24)17-27(25)29/h2-14,18H,15,17,19H2,1H3. The maximum absolute atomic E-state index is 13.6. The fourth-order valence-corrected chi connectivity index (χ4v) is 6.38. The number of nitriles is 1. The molecule has 0 atom stereocenters. The second kappa shape index (κ2) is 8.81. The summed E-state index contributed by atoms with van der Waals surface area (Å²) in [5.74, 6) is 0.641. The predicted molar refractivity (Wildman–Crippen MR) is 133 cm³/mol. The van der Waals surface area contributed by atoms with Crippen LogP contribution in [0.5, 0.6) is 5.75 Å². The van der Waals surface area contributed by atoms with Crippen LogP contribution in [0.3, 0.4) is 0 Å². The first-order chi connectivity index (χ1) is 16.5. The van der Waals surface area contributed by atoms with Crippen molar-refractivity contribution in [3.05, 3.63) is 107 Å². The van der Waals surface area contributed by atoms with Crippen molar-refractivity contribution in [2.75, 3.05) is 7.11 Å². The first-order valence-corrected chi connectivity index (χ1v) is 12.7. The fourth-order valence-electron chi connectivity index (χ4n) is 4.77. The molecule has 4 aromatic rings. The molecule has 0 unspecified atom stereocenters. The third-order valence-electron chi connectivity index (χ3n) is 6.34. The Balaban J connectivity index is 1.74. The van der Waals surface area contributed by atoms with Crippen LogP contribution in [0.4, 0.5) is 0 Å². The van der Waals surface area contributed by atoms with E-state index >= 15 is 0 Å². The van der Waals surface area contributed by atoms with Crippen LogP contribution >= 0.6 is 0 Å². The summed E-state index contributed by atoms with van der Waals surface area (Å²) < 4.78 is 32.7. The molecule has 5 heteroatoms. The molecule has 0 N–H and O–H groups in total. The normalized spacial score (nSPS) is 12.0. The minimum Gasteiger partial charge on any atom is -0.497 e. The van der Waals surface area contributed by atoms with Crippen molar-refractivity contribution < 1.29 is 13.2 Å². The Hall–Kier alpha value is -3.88. The summed E-state index contributed by atoms with van der Waals surface area (Å²) in [5, 5.41) is 9.38. The van der Waals surface area contributed by atoms with Crippen LogP contribution in [0.25, 0.3) is 22.3 Å². The number of sulfone groups is 1. The van der Waals surface area contributed by atoms with Crippen LogP contribution in [0, 0.1) is 11.3 Å². The molecule has 0 bridgehead atoms. The molecule has 4 aromatic carbocycles. The second-order valence-electron chi connectivity index (χ2n) is 8.40. The van der Waals surface area contributed by atoms with E-state index in [1.165, 1.54) is 0 Å². The molecule has 0 fully saturated rings. The highest BCUT2D eigenvalue weighted by atomic mass is 32.2. The van der Waals surface area contributed by atoms with E-state index < -0.39 is 9.84 Å². The summed E-state index contributed by atoms with van der Waals surface area (Å²) in [7, 11) is -1.98. The lowest BCUT2D eigenvalue weighted by molar-refractivity contribution is 0.415. The Kier molecular flexibility index (Phi) is 5.69. The molecule has 4 nitrogen and oxygen atoms in total. The van der Waals surface area contributed by atoms with Crippen LogP contribution in [-0.4, -0.2) is 15.5 Å². The van der Waals surface area contributed by atoms with Crippen molar-refractivity contribution in [2.24, 2.45) is 0 Å². The summed E-state index contributed by atoms with van der Waals surface area (Å²) in [5.41, 5.74) is 7.29. The lowest BCUT2D eigenvalue weighted by atomic mass is 9.91. The van der Waals surface area contributed by atoms with Gasteiger partial charge in [-0.05, 0) is 63.6 Å². The van der Waals surface area contributed by atoms with Crippen molar-refractivity contribution in [1.82, 2.24) is 0 Å². The van der Waals surface area contributed by atoms with E-state index in [4.69, 9.17) is 4.74 Å². The number of hydrogen-bond donors (Lipinski definition) is 0. The minimum atomic E-state index is -3.59. The van der Waals surface area contributed by atoms with Gasteiger partial charge >= 0.3 is 0 Å². The molecule has 1 aliphatic carbocycles. The molecule has 0 heterocycles. The van der Waals surface area contributed by atoms with Gasteiger partial charge in [-0.3, -0.25) is 0 Å². The molecule has 1 aliphatic rings. The third-order valence-corrected chi connectivity index (χ3v) is 8.06. The van der Waals surface area contributed by atoms with Gasteiger partial charge in [0.1, 0.15) is 5.75 Å². The Morgan fingerprint density at radius 1 is 0.882 bits per heavy atom. The summed E-state index contributed by atoms with van der Waals surface area (Å²) in [6.07, 6.45) is 0.897. The molecule has 0 aromatic heterocycles. The molecule has 0 spiro atoms. The lowest BCUT2D eigenvalue weighted by Gasteiger charge is -2.17. The van der Waals surface area contributed by atoms with Gasteiger partial charge in [0, 0.05) is 5.56 Å². The van der Waals surface area contributed by atoms with E-state index in [0.29, 0.717) is 17.1 Å². The maximum atomic E-state index is 13.6. The lowest BCUT2D eigenvalue weighted by Crippen LogP contribution is -2.08. The monoisotopic (exact) mass is 465 g/mol. The number of nitrogens with zero attached hydrogens (tertiary/aromatic N) is 1. The zero-order valence-corrected chi connectivity index (χ0v) is 19.6. The summed E-state index contributed by atoms with van der Waals surface area (Å²) >= 11 is 0. The molecule has 0 aliphatic heterocycles. The van der Waals surface area contributed by atoms with Crippen molar-refractivity contribution in [3.8, 4) is 34.1 Å². The topological polar surface area (TPSA) is 67.2 Å². The van der Waals surface area contributed by atoms with Crippen molar-refractivity contribution in [1.29, 1.82) is 5.26 Å². The molecular formula is C29H23NO3S. The second-order valence-corrected chi connectivity index (χ2v) is 10.4. The van der Waals surface area contributed by atoms with Gasteiger partial charge in [0.25, 0.3) is 0 Å². The van der Waals surface area contributed by atoms with Crippen molar-refractivity contribution >= 4 is 9.84 Å².